The van der Waals surface area contributed by atoms with Crippen LogP contribution >= 0.6 is 11.3 Å². The molecule has 0 radical (unpaired) electrons. The van der Waals surface area contributed by atoms with Gasteiger partial charge in [0.25, 0.3) is 0 Å². The summed E-state index contributed by atoms with van der Waals surface area (Å²) >= 11 is 1.24. The Bertz CT molecular complexity index is 1580. The first kappa shape index (κ1) is 28.8. The number of hydrogen-bond donors (Lipinski definition) is 1. The number of piperidine rings is 1. The largest absolute Gasteiger partial charge is 0.462 e. The van der Waals surface area contributed by atoms with Crippen LogP contribution in [0.3, 0.4) is 0 Å². The first-order chi connectivity index (χ1) is 19.9. The molecule has 3 fully saturated rings. The van der Waals surface area contributed by atoms with Crippen molar-refractivity contribution in [1.82, 2.24) is 19.8 Å². The van der Waals surface area contributed by atoms with Crippen molar-refractivity contribution in [1.29, 1.82) is 0 Å². The number of halogens is 3. The number of aromatic nitrogens is 2. The molecule has 2 amide bonds. The first-order valence-electron chi connectivity index (χ1n) is 13.9. The Hall–Kier alpha value is -3.29. The fourth-order valence-corrected chi connectivity index (χ4v) is 7.62. The Morgan fingerprint density at radius 1 is 1.26 bits per heavy atom. The molecule has 0 bridgehead atoms. The van der Waals surface area contributed by atoms with E-state index in [4.69, 9.17) is 9.47 Å². The van der Waals surface area contributed by atoms with Gasteiger partial charge in [-0.25, -0.2) is 4.79 Å². The third kappa shape index (κ3) is 4.53. The second-order valence-corrected chi connectivity index (χ2v) is 12.7. The Labute approximate surface area is 244 Å². The number of rotatable bonds is 7. The van der Waals surface area contributed by atoms with Crippen LogP contribution in [0.25, 0.3) is 21.5 Å². The van der Waals surface area contributed by atoms with Gasteiger partial charge in [-0.2, -0.15) is 13.2 Å². The van der Waals surface area contributed by atoms with Crippen LogP contribution in [-0.4, -0.2) is 64.6 Å². The maximum atomic E-state index is 14.6. The van der Waals surface area contributed by atoms with Gasteiger partial charge in [0, 0.05) is 35.4 Å². The number of amides is 2. The molecule has 13 heteroatoms. The van der Waals surface area contributed by atoms with E-state index in [1.54, 1.807) is 19.1 Å². The maximum Gasteiger partial charge on any atom is 0.418 e. The monoisotopic (exact) mass is 604 g/mol. The van der Waals surface area contributed by atoms with Gasteiger partial charge in [0.2, 0.25) is 11.8 Å². The quantitative estimate of drug-likeness (QED) is 0.315. The van der Waals surface area contributed by atoms with Gasteiger partial charge in [0.1, 0.15) is 0 Å². The number of fused-ring (bicyclic) bond motifs is 2. The predicted molar refractivity (Wildman–Crippen MR) is 148 cm³/mol. The summed E-state index contributed by atoms with van der Waals surface area (Å²) in [6, 6.07) is 3.32. The van der Waals surface area contributed by atoms with Crippen molar-refractivity contribution in [3.8, 4) is 11.3 Å². The van der Waals surface area contributed by atoms with Crippen LogP contribution in [0.4, 0.5) is 13.2 Å². The molecule has 6 rings (SSSR count). The average molecular weight is 605 g/mol. The lowest BCUT2D eigenvalue weighted by Crippen LogP contribution is -2.41. The highest BCUT2D eigenvalue weighted by Crippen LogP contribution is 2.63. The zero-order valence-electron chi connectivity index (χ0n) is 23.6. The number of carbonyl (C=O) groups is 3. The van der Waals surface area contributed by atoms with Crippen molar-refractivity contribution in [2.24, 2.45) is 17.3 Å². The SMILES string of the molecule is CCOC(=O)c1c(C(F)(F)F)c(C)n(CC2CNCCO2)c1-c1ccnc2cc(CN3C(=O)C4C(C3=O)C4(C)C)sc12. The number of alkyl halides is 3. The van der Waals surface area contributed by atoms with Crippen LogP contribution in [0, 0.1) is 24.2 Å². The smallest absolute Gasteiger partial charge is 0.418 e. The highest BCUT2D eigenvalue weighted by atomic mass is 32.1. The molecule has 42 heavy (non-hydrogen) atoms. The molecule has 3 unspecified atom stereocenters. The molecule has 0 aromatic carbocycles. The Balaban J connectivity index is 1.48. The summed E-state index contributed by atoms with van der Waals surface area (Å²) in [4.78, 5) is 45.5. The van der Waals surface area contributed by atoms with Crippen molar-refractivity contribution < 1.29 is 37.0 Å². The second-order valence-electron chi connectivity index (χ2n) is 11.5. The summed E-state index contributed by atoms with van der Waals surface area (Å²) in [5.41, 5.74) is -1.11. The van der Waals surface area contributed by atoms with E-state index in [0.717, 1.165) is 0 Å². The van der Waals surface area contributed by atoms with Gasteiger partial charge in [0.15, 0.2) is 0 Å². The highest BCUT2D eigenvalue weighted by molar-refractivity contribution is 7.19. The number of pyridine rings is 1. The van der Waals surface area contributed by atoms with Crippen LogP contribution in [0.1, 0.15) is 47.3 Å². The third-order valence-corrected chi connectivity index (χ3v) is 9.74. The number of thiophene rings is 1. The molecule has 3 aromatic rings. The summed E-state index contributed by atoms with van der Waals surface area (Å²) in [7, 11) is 0. The van der Waals surface area contributed by atoms with Crippen molar-refractivity contribution in [2.45, 2.75) is 53.1 Å². The van der Waals surface area contributed by atoms with Crippen molar-refractivity contribution in [3.63, 3.8) is 0 Å². The summed E-state index contributed by atoms with van der Waals surface area (Å²) in [5.74, 6) is -2.11. The van der Waals surface area contributed by atoms with Crippen molar-refractivity contribution >= 4 is 39.3 Å². The number of nitrogens with zero attached hydrogens (tertiary/aromatic N) is 3. The topological polar surface area (TPSA) is 103 Å². The lowest BCUT2D eigenvalue weighted by atomic mass is 10.0. The molecule has 1 saturated carbocycles. The van der Waals surface area contributed by atoms with E-state index in [1.807, 2.05) is 13.8 Å². The van der Waals surface area contributed by atoms with Crippen LogP contribution in [0.2, 0.25) is 0 Å². The Kier molecular flexibility index (Phi) is 6.97. The molecule has 1 N–H and O–H groups in total. The molecule has 0 spiro atoms. The molecule has 224 valence electrons. The van der Waals surface area contributed by atoms with Gasteiger partial charge < -0.3 is 19.4 Å². The minimum atomic E-state index is -4.82. The van der Waals surface area contributed by atoms with Crippen LogP contribution < -0.4 is 5.32 Å². The lowest BCUT2D eigenvalue weighted by molar-refractivity contribution is -0.143. The van der Waals surface area contributed by atoms with Gasteiger partial charge in [-0.15, -0.1) is 11.3 Å². The minimum Gasteiger partial charge on any atom is -0.462 e. The summed E-state index contributed by atoms with van der Waals surface area (Å²) < 4.78 is 56.7. The normalized spacial score (nSPS) is 23.5. The number of morpholine rings is 1. The van der Waals surface area contributed by atoms with E-state index in [-0.39, 0.29) is 60.1 Å². The fraction of sp³-hybridized carbons (Fsp3) is 0.517. The van der Waals surface area contributed by atoms with Gasteiger partial charge in [-0.05, 0) is 31.4 Å². The highest BCUT2D eigenvalue weighted by Gasteiger charge is 2.72. The van der Waals surface area contributed by atoms with E-state index in [0.29, 0.717) is 40.4 Å². The van der Waals surface area contributed by atoms with Crippen LogP contribution in [0.5, 0.6) is 0 Å². The molecule has 3 aromatic heterocycles. The van der Waals surface area contributed by atoms with Gasteiger partial charge in [-0.3, -0.25) is 19.5 Å². The number of esters is 1. The second kappa shape index (κ2) is 10.2. The predicted octanol–water partition coefficient (Wildman–Crippen LogP) is 4.40. The summed E-state index contributed by atoms with van der Waals surface area (Å²) in [6.07, 6.45) is -3.76. The Morgan fingerprint density at radius 2 is 1.98 bits per heavy atom. The van der Waals surface area contributed by atoms with E-state index in [2.05, 4.69) is 10.3 Å². The van der Waals surface area contributed by atoms with Crippen LogP contribution in [-0.2, 0) is 38.3 Å². The minimum absolute atomic E-state index is 0.0569. The molecule has 5 heterocycles. The average Bonchev–Trinajstić information content (AvgIpc) is 3.20. The Morgan fingerprint density at radius 3 is 2.60 bits per heavy atom. The number of likely N-dealkylation sites (tertiary alicyclic amines) is 1. The standard InChI is InChI=1S/C29H31F3N4O5S/c1-5-40-27(39)19-20(29(30,31)32)14(2)35(12-15-11-33-8-9-41-15)23(19)17-6-7-34-18-10-16(42-24(17)18)13-36-25(37)21-22(26(36)38)28(21,3)4/h6-7,10,15,21-22,33H,5,8-9,11-13H2,1-4H3. The zero-order chi connectivity index (χ0) is 30.1. The summed E-state index contributed by atoms with van der Waals surface area (Å²) in [5, 5.41) is 3.19. The maximum absolute atomic E-state index is 14.6. The van der Waals surface area contributed by atoms with E-state index in [1.165, 1.54) is 33.9 Å². The number of nitrogens with one attached hydrogen (secondary N) is 1. The molecule has 9 nitrogen and oxygen atoms in total. The molecule has 3 atom stereocenters. The third-order valence-electron chi connectivity index (χ3n) is 8.60. The molecule has 2 aliphatic heterocycles. The van der Waals surface area contributed by atoms with Crippen molar-refractivity contribution in [2.75, 3.05) is 26.3 Å². The molecular formula is C29H31F3N4O5S. The summed E-state index contributed by atoms with van der Waals surface area (Å²) in [6.45, 7) is 8.24. The molecular weight excluding hydrogens is 573 g/mol. The number of ether oxygens (including phenoxy) is 2. The van der Waals surface area contributed by atoms with Gasteiger partial charge in [0.05, 0.1) is 71.3 Å². The van der Waals surface area contributed by atoms with Gasteiger partial charge in [-0.1, -0.05) is 13.8 Å². The van der Waals surface area contributed by atoms with E-state index in [9.17, 15) is 27.6 Å². The fourth-order valence-electron chi connectivity index (χ4n) is 6.50. The van der Waals surface area contributed by atoms with E-state index < -0.39 is 29.4 Å². The number of hydrogen-bond acceptors (Lipinski definition) is 8. The number of carbonyl (C=O) groups excluding carboxylic acids is 3. The molecule has 3 aliphatic rings. The molecule has 1 aliphatic carbocycles. The van der Waals surface area contributed by atoms with Crippen LogP contribution in [0.15, 0.2) is 18.3 Å². The van der Waals surface area contributed by atoms with E-state index >= 15 is 0 Å². The van der Waals surface area contributed by atoms with Gasteiger partial charge >= 0.3 is 12.1 Å². The zero-order valence-corrected chi connectivity index (χ0v) is 24.4. The lowest BCUT2D eigenvalue weighted by Gasteiger charge is -2.26. The first-order valence-corrected chi connectivity index (χ1v) is 14.7. The van der Waals surface area contributed by atoms with Crippen molar-refractivity contribution in [3.05, 3.63) is 40.0 Å². The molecule has 2 saturated heterocycles. The number of imide groups is 1.